The summed E-state index contributed by atoms with van der Waals surface area (Å²) < 4.78 is 0. The lowest BCUT2D eigenvalue weighted by molar-refractivity contribution is 0.560. The van der Waals surface area contributed by atoms with Crippen LogP contribution in [0.1, 0.15) is 25.7 Å². The molecule has 1 aliphatic heterocycles. The van der Waals surface area contributed by atoms with Crippen LogP contribution in [0.5, 0.6) is 0 Å². The van der Waals surface area contributed by atoms with Crippen molar-refractivity contribution in [2.45, 2.75) is 31.7 Å². The highest BCUT2D eigenvalue weighted by atomic mass is 35.5. The van der Waals surface area contributed by atoms with Crippen molar-refractivity contribution >= 4 is 11.6 Å². The van der Waals surface area contributed by atoms with E-state index in [2.05, 4.69) is 17.5 Å². The van der Waals surface area contributed by atoms with Gasteiger partial charge in [-0.05, 0) is 36.8 Å². The summed E-state index contributed by atoms with van der Waals surface area (Å²) in [5, 5.41) is 12.4. The number of fused-ring (bicyclic) bond motifs is 1. The van der Waals surface area contributed by atoms with Crippen molar-refractivity contribution in [2.24, 2.45) is 5.92 Å². The lowest BCUT2D eigenvalue weighted by Crippen LogP contribution is -2.23. The minimum atomic E-state index is 0.484. The number of nitrogens with zero attached hydrogens (tertiary/aromatic N) is 1. The molecule has 2 rings (SSSR count). The second kappa shape index (κ2) is 5.52. The highest BCUT2D eigenvalue weighted by Gasteiger charge is 2.30. The molecular formula is C13H17ClN2. The molecule has 0 aromatic heterocycles. The van der Waals surface area contributed by atoms with Crippen molar-refractivity contribution in [3.8, 4) is 6.07 Å². The van der Waals surface area contributed by atoms with Crippen LogP contribution in [0.25, 0.3) is 0 Å². The molecule has 86 valence electrons. The van der Waals surface area contributed by atoms with E-state index in [9.17, 15) is 0 Å². The van der Waals surface area contributed by atoms with Gasteiger partial charge in [0.25, 0.3) is 0 Å². The number of nitriles is 1. The van der Waals surface area contributed by atoms with Crippen LogP contribution >= 0.6 is 11.6 Å². The summed E-state index contributed by atoms with van der Waals surface area (Å²) in [6.07, 6.45) is 8.56. The summed E-state index contributed by atoms with van der Waals surface area (Å²) in [5.41, 5.74) is 2.27. The molecule has 3 heteroatoms. The van der Waals surface area contributed by atoms with Gasteiger partial charge < -0.3 is 5.32 Å². The average Bonchev–Trinajstić information content (AvgIpc) is 2.72. The van der Waals surface area contributed by atoms with Gasteiger partial charge in [-0.25, -0.2) is 0 Å². The molecule has 16 heavy (non-hydrogen) atoms. The topological polar surface area (TPSA) is 35.8 Å². The average molecular weight is 237 g/mol. The standard InChI is InChI=1S/C13H17ClN2/c14-6-2-1-3-11-9-16-13-5-4-10(8-15)7-12(11)13/h4,7,11,13,16H,1-3,5-6,9H2. The van der Waals surface area contributed by atoms with Crippen molar-refractivity contribution in [3.63, 3.8) is 0 Å². The molecule has 0 bridgehead atoms. The maximum Gasteiger partial charge on any atom is 0.0988 e. The maximum absolute atomic E-state index is 8.91. The molecule has 1 fully saturated rings. The molecule has 0 radical (unpaired) electrons. The smallest absolute Gasteiger partial charge is 0.0988 e. The van der Waals surface area contributed by atoms with E-state index in [0.717, 1.165) is 30.8 Å². The normalized spacial score (nSPS) is 28.0. The van der Waals surface area contributed by atoms with E-state index in [1.165, 1.54) is 18.4 Å². The second-order valence-electron chi connectivity index (χ2n) is 4.49. The molecule has 0 saturated carbocycles. The van der Waals surface area contributed by atoms with Crippen molar-refractivity contribution in [2.75, 3.05) is 12.4 Å². The number of allylic oxidation sites excluding steroid dienone is 2. The van der Waals surface area contributed by atoms with Crippen molar-refractivity contribution in [1.29, 1.82) is 5.26 Å². The Labute approximate surface area is 102 Å². The van der Waals surface area contributed by atoms with Crippen LogP contribution in [-0.4, -0.2) is 18.5 Å². The molecule has 2 nitrogen and oxygen atoms in total. The Hall–Kier alpha value is -0.780. The second-order valence-corrected chi connectivity index (χ2v) is 4.87. The van der Waals surface area contributed by atoms with E-state index in [0.29, 0.717) is 12.0 Å². The van der Waals surface area contributed by atoms with Crippen LogP contribution in [0.3, 0.4) is 0 Å². The summed E-state index contributed by atoms with van der Waals surface area (Å²) in [5.74, 6) is 1.37. The number of unbranched alkanes of at least 4 members (excludes halogenated alkanes) is 1. The van der Waals surface area contributed by atoms with Crippen molar-refractivity contribution in [1.82, 2.24) is 5.32 Å². The first kappa shape index (κ1) is 11.7. The van der Waals surface area contributed by atoms with Crippen LogP contribution in [0.4, 0.5) is 0 Å². The zero-order valence-electron chi connectivity index (χ0n) is 9.38. The van der Waals surface area contributed by atoms with E-state index < -0.39 is 0 Å². The maximum atomic E-state index is 8.91. The summed E-state index contributed by atoms with van der Waals surface area (Å²) in [7, 11) is 0. The van der Waals surface area contributed by atoms with Gasteiger partial charge in [0.05, 0.1) is 6.07 Å². The highest BCUT2D eigenvalue weighted by Crippen LogP contribution is 2.32. The van der Waals surface area contributed by atoms with Gasteiger partial charge >= 0.3 is 0 Å². The quantitative estimate of drug-likeness (QED) is 0.602. The molecule has 0 aromatic carbocycles. The van der Waals surface area contributed by atoms with E-state index in [4.69, 9.17) is 16.9 Å². The zero-order valence-corrected chi connectivity index (χ0v) is 10.1. The van der Waals surface area contributed by atoms with Crippen LogP contribution in [0, 0.1) is 17.2 Å². The minimum absolute atomic E-state index is 0.484. The molecule has 2 unspecified atom stereocenters. The third-order valence-electron chi connectivity index (χ3n) is 3.45. The van der Waals surface area contributed by atoms with E-state index in [1.807, 2.05) is 6.08 Å². The summed E-state index contributed by atoms with van der Waals surface area (Å²) in [4.78, 5) is 0. The number of hydrogen-bond acceptors (Lipinski definition) is 2. The Morgan fingerprint density at radius 1 is 1.50 bits per heavy atom. The van der Waals surface area contributed by atoms with Crippen LogP contribution in [0.2, 0.25) is 0 Å². The Bertz CT molecular complexity index is 351. The molecule has 1 heterocycles. The minimum Gasteiger partial charge on any atom is -0.309 e. The highest BCUT2D eigenvalue weighted by molar-refractivity contribution is 6.17. The Balaban J connectivity index is 1.98. The van der Waals surface area contributed by atoms with E-state index >= 15 is 0 Å². The van der Waals surface area contributed by atoms with Gasteiger partial charge in [0.2, 0.25) is 0 Å². The molecule has 1 aliphatic carbocycles. The summed E-state index contributed by atoms with van der Waals surface area (Å²) in [6, 6.07) is 2.72. The molecule has 2 atom stereocenters. The number of nitrogens with one attached hydrogen (secondary N) is 1. The molecule has 0 amide bonds. The predicted octanol–water partition coefficient (Wildman–Crippen LogP) is 2.76. The Morgan fingerprint density at radius 3 is 3.12 bits per heavy atom. The van der Waals surface area contributed by atoms with Crippen molar-refractivity contribution in [3.05, 3.63) is 23.3 Å². The van der Waals surface area contributed by atoms with Gasteiger partial charge in [0.1, 0.15) is 0 Å². The number of rotatable bonds is 4. The fourth-order valence-corrected chi connectivity index (χ4v) is 2.75. The molecule has 1 N–H and O–H groups in total. The molecular weight excluding hydrogens is 220 g/mol. The SMILES string of the molecule is N#CC1=CCC2NCC(CCCCCl)C2=C1. The van der Waals surface area contributed by atoms with E-state index in [-0.39, 0.29) is 0 Å². The monoisotopic (exact) mass is 236 g/mol. The summed E-state index contributed by atoms with van der Waals surface area (Å²) >= 11 is 5.69. The number of halogens is 1. The predicted molar refractivity (Wildman–Crippen MR) is 66.2 cm³/mol. The third kappa shape index (κ3) is 2.48. The molecule has 0 aromatic rings. The first-order valence-electron chi connectivity index (χ1n) is 5.96. The van der Waals surface area contributed by atoms with E-state index in [1.54, 1.807) is 0 Å². The largest absolute Gasteiger partial charge is 0.309 e. The molecule has 0 spiro atoms. The molecule has 2 aliphatic rings. The van der Waals surface area contributed by atoms with Gasteiger partial charge in [-0.3, -0.25) is 0 Å². The Morgan fingerprint density at radius 2 is 2.38 bits per heavy atom. The summed E-state index contributed by atoms with van der Waals surface area (Å²) in [6.45, 7) is 1.06. The lowest BCUT2D eigenvalue weighted by Gasteiger charge is -2.18. The zero-order chi connectivity index (χ0) is 11.4. The van der Waals surface area contributed by atoms with Crippen LogP contribution in [-0.2, 0) is 0 Å². The van der Waals surface area contributed by atoms with Gasteiger partial charge in [-0.1, -0.05) is 12.5 Å². The first-order valence-corrected chi connectivity index (χ1v) is 6.49. The van der Waals surface area contributed by atoms with Crippen LogP contribution < -0.4 is 5.32 Å². The van der Waals surface area contributed by atoms with Gasteiger partial charge in [0, 0.05) is 24.0 Å². The van der Waals surface area contributed by atoms with Crippen LogP contribution in [0.15, 0.2) is 23.3 Å². The number of alkyl halides is 1. The third-order valence-corrected chi connectivity index (χ3v) is 3.71. The van der Waals surface area contributed by atoms with Gasteiger partial charge in [0.15, 0.2) is 0 Å². The van der Waals surface area contributed by atoms with Gasteiger partial charge in [-0.2, -0.15) is 5.26 Å². The van der Waals surface area contributed by atoms with Gasteiger partial charge in [-0.15, -0.1) is 11.6 Å². The fourth-order valence-electron chi connectivity index (χ4n) is 2.56. The van der Waals surface area contributed by atoms with Crippen molar-refractivity contribution < 1.29 is 0 Å². The Kier molecular flexibility index (Phi) is 4.04. The first-order chi connectivity index (χ1) is 7.85. The molecule has 1 saturated heterocycles. The number of hydrogen-bond donors (Lipinski definition) is 1. The lowest BCUT2D eigenvalue weighted by atomic mass is 9.87. The fraction of sp³-hybridized carbons (Fsp3) is 0.615.